The minimum atomic E-state index is 0.557. The van der Waals surface area contributed by atoms with Gasteiger partial charge in [-0.05, 0) is 23.8 Å². The molecule has 5 nitrogen and oxygen atoms in total. The molecule has 0 spiro atoms. The molecule has 3 rings (SSSR count). The van der Waals surface area contributed by atoms with Crippen LogP contribution in [0.25, 0.3) is 11.3 Å². The molecule has 0 aliphatic rings. The molecule has 1 heterocycles. The van der Waals surface area contributed by atoms with Crippen molar-refractivity contribution in [3.8, 4) is 17.3 Å². The number of aromatic nitrogens is 1. The van der Waals surface area contributed by atoms with Gasteiger partial charge < -0.3 is 4.74 Å². The van der Waals surface area contributed by atoms with Gasteiger partial charge in [-0.1, -0.05) is 46.3 Å². The Morgan fingerprint density at radius 1 is 1.22 bits per heavy atom. The van der Waals surface area contributed by atoms with E-state index in [0.29, 0.717) is 18.7 Å². The summed E-state index contributed by atoms with van der Waals surface area (Å²) in [6, 6.07) is 17.4. The summed E-state index contributed by atoms with van der Waals surface area (Å²) in [5.41, 5.74) is 3.53. The summed E-state index contributed by atoms with van der Waals surface area (Å²) >= 11 is 5.14. The Kier molecular flexibility index (Phi) is 6.71. The SMILES string of the molecule is COCCN=c1scc(-c2ccccc2Br)n1N=Cc1ccc(C#N)cc1. The van der Waals surface area contributed by atoms with Crippen molar-refractivity contribution in [2.45, 2.75) is 0 Å². The van der Waals surface area contributed by atoms with Crippen LogP contribution < -0.4 is 4.80 Å². The topological polar surface area (TPSA) is 62.7 Å². The number of ether oxygens (including phenoxy) is 1. The number of nitriles is 1. The lowest BCUT2D eigenvalue weighted by atomic mass is 10.2. The van der Waals surface area contributed by atoms with Crippen molar-refractivity contribution in [1.29, 1.82) is 5.26 Å². The van der Waals surface area contributed by atoms with E-state index in [4.69, 9.17) is 10.00 Å². The first kappa shape index (κ1) is 19.2. The molecule has 0 radical (unpaired) electrons. The monoisotopic (exact) mass is 440 g/mol. The molecule has 7 heteroatoms. The zero-order valence-electron chi connectivity index (χ0n) is 14.7. The minimum Gasteiger partial charge on any atom is -0.383 e. The van der Waals surface area contributed by atoms with Crippen LogP contribution in [0.2, 0.25) is 0 Å². The van der Waals surface area contributed by atoms with Gasteiger partial charge in [-0.2, -0.15) is 10.4 Å². The normalized spacial score (nSPS) is 11.8. The van der Waals surface area contributed by atoms with Crippen LogP contribution in [0.4, 0.5) is 0 Å². The van der Waals surface area contributed by atoms with Crippen molar-refractivity contribution < 1.29 is 4.74 Å². The highest BCUT2D eigenvalue weighted by molar-refractivity contribution is 9.10. The van der Waals surface area contributed by atoms with Crippen LogP contribution in [-0.2, 0) is 4.74 Å². The number of thiazole rings is 1. The van der Waals surface area contributed by atoms with E-state index in [-0.39, 0.29) is 0 Å². The number of nitrogens with zero attached hydrogens (tertiary/aromatic N) is 4. The fourth-order valence-electron chi connectivity index (χ4n) is 2.37. The lowest BCUT2D eigenvalue weighted by Crippen LogP contribution is -2.13. The summed E-state index contributed by atoms with van der Waals surface area (Å²) in [7, 11) is 1.66. The average Bonchev–Trinajstić information content (AvgIpc) is 3.10. The summed E-state index contributed by atoms with van der Waals surface area (Å²) in [6.45, 7) is 1.13. The van der Waals surface area contributed by atoms with Crippen LogP contribution >= 0.6 is 27.3 Å². The Balaban J connectivity index is 2.03. The number of methoxy groups -OCH3 is 1. The van der Waals surface area contributed by atoms with E-state index in [2.05, 4.69) is 32.1 Å². The first-order valence-electron chi connectivity index (χ1n) is 8.22. The van der Waals surface area contributed by atoms with Crippen LogP contribution in [0.1, 0.15) is 11.1 Å². The smallest absolute Gasteiger partial charge is 0.206 e. The van der Waals surface area contributed by atoms with E-state index in [0.717, 1.165) is 26.1 Å². The second-order valence-corrected chi connectivity index (χ2v) is 7.24. The molecule has 0 N–H and O–H groups in total. The molecule has 0 amide bonds. The average molecular weight is 441 g/mol. The van der Waals surface area contributed by atoms with Crippen LogP contribution in [-0.4, -0.2) is 31.2 Å². The summed E-state index contributed by atoms with van der Waals surface area (Å²) in [4.78, 5) is 5.39. The van der Waals surface area contributed by atoms with E-state index in [9.17, 15) is 0 Å². The van der Waals surface area contributed by atoms with Gasteiger partial charge in [0.15, 0.2) is 0 Å². The lowest BCUT2D eigenvalue weighted by molar-refractivity contribution is 0.207. The molecule has 0 aliphatic heterocycles. The fourth-order valence-corrected chi connectivity index (χ4v) is 3.72. The van der Waals surface area contributed by atoms with Crippen LogP contribution in [0.3, 0.4) is 0 Å². The van der Waals surface area contributed by atoms with Gasteiger partial charge in [0.2, 0.25) is 4.80 Å². The van der Waals surface area contributed by atoms with Crippen LogP contribution in [0.15, 0.2) is 68.5 Å². The third-order valence-electron chi connectivity index (χ3n) is 3.74. The maximum absolute atomic E-state index is 8.92. The minimum absolute atomic E-state index is 0.557. The number of hydrogen-bond acceptors (Lipinski definition) is 5. The highest BCUT2D eigenvalue weighted by Gasteiger charge is 2.10. The highest BCUT2D eigenvalue weighted by atomic mass is 79.9. The molecule has 0 saturated carbocycles. The third kappa shape index (κ3) is 4.80. The largest absolute Gasteiger partial charge is 0.383 e. The van der Waals surface area contributed by atoms with Crippen LogP contribution in [0.5, 0.6) is 0 Å². The Hall–Kier alpha value is -2.53. The zero-order chi connectivity index (χ0) is 19.1. The molecule has 3 aromatic rings. The Labute approximate surface area is 170 Å². The van der Waals surface area contributed by atoms with E-state index in [1.807, 2.05) is 46.5 Å². The highest BCUT2D eigenvalue weighted by Crippen LogP contribution is 2.28. The predicted molar refractivity (Wildman–Crippen MR) is 112 cm³/mol. The molecule has 0 aliphatic carbocycles. The van der Waals surface area contributed by atoms with Crippen molar-refractivity contribution >= 4 is 33.5 Å². The summed E-state index contributed by atoms with van der Waals surface area (Å²) in [6.07, 6.45) is 1.77. The summed E-state index contributed by atoms with van der Waals surface area (Å²) in [5.74, 6) is 0. The number of halogens is 1. The molecule has 2 aromatic carbocycles. The van der Waals surface area contributed by atoms with Crippen molar-refractivity contribution in [3.63, 3.8) is 0 Å². The van der Waals surface area contributed by atoms with Gasteiger partial charge in [-0.3, -0.25) is 4.99 Å². The zero-order valence-corrected chi connectivity index (χ0v) is 17.1. The van der Waals surface area contributed by atoms with E-state index in [1.165, 1.54) is 11.3 Å². The maximum Gasteiger partial charge on any atom is 0.206 e. The fraction of sp³-hybridized carbons (Fsp3) is 0.150. The molecule has 0 fully saturated rings. The predicted octanol–water partition coefficient (Wildman–Crippen LogP) is 4.28. The molecule has 136 valence electrons. The van der Waals surface area contributed by atoms with E-state index < -0.39 is 0 Å². The quantitative estimate of drug-likeness (QED) is 0.424. The van der Waals surface area contributed by atoms with Crippen LogP contribution in [0, 0.1) is 11.3 Å². The first-order chi connectivity index (χ1) is 13.2. The first-order valence-corrected chi connectivity index (χ1v) is 9.89. The maximum atomic E-state index is 8.92. The summed E-state index contributed by atoms with van der Waals surface area (Å²) < 4.78 is 7.92. The van der Waals surface area contributed by atoms with Gasteiger partial charge >= 0.3 is 0 Å². The van der Waals surface area contributed by atoms with E-state index in [1.54, 1.807) is 25.5 Å². The molecule has 1 aromatic heterocycles. The van der Waals surface area contributed by atoms with Crippen molar-refractivity contribution in [2.24, 2.45) is 10.1 Å². The lowest BCUT2D eigenvalue weighted by Gasteiger charge is -2.05. The number of benzene rings is 2. The van der Waals surface area contributed by atoms with Crippen molar-refractivity contribution in [2.75, 3.05) is 20.3 Å². The van der Waals surface area contributed by atoms with Gasteiger partial charge in [-0.15, -0.1) is 11.3 Å². The second-order valence-electron chi connectivity index (χ2n) is 5.55. The Morgan fingerprint density at radius 3 is 2.70 bits per heavy atom. The summed E-state index contributed by atoms with van der Waals surface area (Å²) in [5, 5.41) is 15.6. The third-order valence-corrected chi connectivity index (χ3v) is 5.29. The van der Waals surface area contributed by atoms with Gasteiger partial charge in [0.05, 0.1) is 36.7 Å². The molecular formula is C20H17BrN4OS. The van der Waals surface area contributed by atoms with Crippen molar-refractivity contribution in [1.82, 2.24) is 4.68 Å². The van der Waals surface area contributed by atoms with Gasteiger partial charge in [0.1, 0.15) is 0 Å². The van der Waals surface area contributed by atoms with E-state index >= 15 is 0 Å². The van der Waals surface area contributed by atoms with Crippen molar-refractivity contribution in [3.05, 3.63) is 74.3 Å². The van der Waals surface area contributed by atoms with Gasteiger partial charge in [-0.25, -0.2) is 4.68 Å². The Bertz CT molecular complexity index is 1040. The molecule has 0 bridgehead atoms. The van der Waals surface area contributed by atoms with Gasteiger partial charge in [0.25, 0.3) is 0 Å². The molecule has 27 heavy (non-hydrogen) atoms. The standard InChI is InChI=1S/C20H17BrN4OS/c1-26-11-10-23-20-25(24-13-16-8-6-15(12-22)7-9-16)19(14-27-20)17-4-2-3-5-18(17)21/h2-9,13-14H,10-11H2,1H3. The second kappa shape index (κ2) is 9.42. The Morgan fingerprint density at radius 2 is 2.00 bits per heavy atom. The molecular weight excluding hydrogens is 424 g/mol. The van der Waals surface area contributed by atoms with Gasteiger partial charge in [0, 0.05) is 22.5 Å². The number of hydrogen-bond donors (Lipinski definition) is 0. The number of rotatable bonds is 6. The molecule has 0 saturated heterocycles. The molecule has 0 atom stereocenters. The molecule has 0 unspecified atom stereocenters.